The van der Waals surface area contributed by atoms with Gasteiger partial charge in [0.25, 0.3) is 5.91 Å². The number of benzene rings is 1. The van der Waals surface area contributed by atoms with Gasteiger partial charge in [-0.1, -0.05) is 61.2 Å². The summed E-state index contributed by atoms with van der Waals surface area (Å²) in [5, 5.41) is 5.00. The van der Waals surface area contributed by atoms with Crippen molar-refractivity contribution in [3.05, 3.63) is 52.3 Å². The number of halogens is 1. The van der Waals surface area contributed by atoms with E-state index in [0.717, 1.165) is 36.7 Å². The first-order chi connectivity index (χ1) is 12.6. The lowest BCUT2D eigenvalue weighted by Crippen LogP contribution is -2.44. The van der Waals surface area contributed by atoms with Crippen LogP contribution in [0.2, 0.25) is 5.15 Å². The summed E-state index contributed by atoms with van der Waals surface area (Å²) in [6.45, 7) is 4.19. The number of rotatable bonds is 3. The minimum absolute atomic E-state index is 0.0517. The van der Waals surface area contributed by atoms with E-state index in [1.54, 1.807) is 4.68 Å². The standard InChI is InChI=1S/C21H26ClN3O/c1-15-19(20(22)25(23-15)13-16-7-3-2-4-8-16)21(26)24-12-11-17-9-5-6-10-18(17)14-24/h2-4,7-8,17-18H,5-6,9-14H2,1H3/t17-,18-/m1/s1. The Balaban J connectivity index is 1.53. The largest absolute Gasteiger partial charge is 0.338 e. The number of nitrogens with zero attached hydrogens (tertiary/aromatic N) is 3. The Morgan fingerprint density at radius 3 is 2.65 bits per heavy atom. The summed E-state index contributed by atoms with van der Waals surface area (Å²) in [5.74, 6) is 1.53. The molecule has 26 heavy (non-hydrogen) atoms. The van der Waals surface area contributed by atoms with Crippen LogP contribution in [0.5, 0.6) is 0 Å². The molecule has 1 saturated carbocycles. The SMILES string of the molecule is Cc1nn(Cc2ccccc2)c(Cl)c1C(=O)N1CC[C@H]2CCCC[C@@H]2C1. The fourth-order valence-corrected chi connectivity index (χ4v) is 4.92. The summed E-state index contributed by atoms with van der Waals surface area (Å²) in [4.78, 5) is 15.2. The molecule has 2 fully saturated rings. The molecule has 4 nitrogen and oxygen atoms in total. The van der Waals surface area contributed by atoms with Crippen LogP contribution in [0, 0.1) is 18.8 Å². The van der Waals surface area contributed by atoms with Gasteiger partial charge in [-0.3, -0.25) is 4.79 Å². The molecule has 1 aromatic carbocycles. The first kappa shape index (κ1) is 17.6. The highest BCUT2D eigenvalue weighted by Crippen LogP contribution is 2.37. The lowest BCUT2D eigenvalue weighted by atomic mass is 9.75. The first-order valence-corrected chi connectivity index (χ1v) is 10.1. The van der Waals surface area contributed by atoms with Crippen LogP contribution >= 0.6 is 11.6 Å². The highest BCUT2D eigenvalue weighted by Gasteiger charge is 2.35. The summed E-state index contributed by atoms with van der Waals surface area (Å²) in [7, 11) is 0. The Morgan fingerprint density at radius 1 is 1.15 bits per heavy atom. The highest BCUT2D eigenvalue weighted by molar-refractivity contribution is 6.33. The van der Waals surface area contributed by atoms with Gasteiger partial charge in [-0.2, -0.15) is 5.10 Å². The second-order valence-electron chi connectivity index (χ2n) is 7.74. The number of amides is 1. The van der Waals surface area contributed by atoms with Gasteiger partial charge in [0.15, 0.2) is 0 Å². The fraction of sp³-hybridized carbons (Fsp3) is 0.524. The average Bonchev–Trinajstić information content (AvgIpc) is 2.95. The zero-order valence-corrected chi connectivity index (χ0v) is 16.1. The summed E-state index contributed by atoms with van der Waals surface area (Å²) >= 11 is 6.58. The quantitative estimate of drug-likeness (QED) is 0.794. The zero-order valence-electron chi connectivity index (χ0n) is 15.3. The number of carbonyl (C=O) groups excluding carboxylic acids is 1. The van der Waals surface area contributed by atoms with E-state index in [1.807, 2.05) is 42.2 Å². The van der Waals surface area contributed by atoms with Crippen molar-refractivity contribution in [2.75, 3.05) is 13.1 Å². The summed E-state index contributed by atoms with van der Waals surface area (Å²) in [6.07, 6.45) is 6.38. The zero-order chi connectivity index (χ0) is 18.1. The number of carbonyl (C=O) groups is 1. The van der Waals surface area contributed by atoms with Crippen LogP contribution in [0.1, 0.15) is 53.7 Å². The van der Waals surface area contributed by atoms with E-state index in [1.165, 1.54) is 25.7 Å². The predicted molar refractivity (Wildman–Crippen MR) is 103 cm³/mol. The van der Waals surface area contributed by atoms with Crippen molar-refractivity contribution >= 4 is 17.5 Å². The summed E-state index contributed by atoms with van der Waals surface area (Å²) in [5.41, 5.74) is 2.43. The maximum Gasteiger partial charge on any atom is 0.258 e. The van der Waals surface area contributed by atoms with E-state index in [9.17, 15) is 4.79 Å². The van der Waals surface area contributed by atoms with Gasteiger partial charge >= 0.3 is 0 Å². The minimum Gasteiger partial charge on any atom is -0.338 e. The van der Waals surface area contributed by atoms with Crippen LogP contribution in [-0.2, 0) is 6.54 Å². The van der Waals surface area contributed by atoms with Crippen molar-refractivity contribution in [3.63, 3.8) is 0 Å². The van der Waals surface area contributed by atoms with E-state index in [-0.39, 0.29) is 5.91 Å². The van der Waals surface area contributed by atoms with Crippen molar-refractivity contribution in [3.8, 4) is 0 Å². The maximum absolute atomic E-state index is 13.2. The molecule has 0 bridgehead atoms. The minimum atomic E-state index is 0.0517. The third-order valence-corrected chi connectivity index (χ3v) is 6.42. The molecule has 2 atom stereocenters. The van der Waals surface area contributed by atoms with E-state index < -0.39 is 0 Å². The van der Waals surface area contributed by atoms with Crippen molar-refractivity contribution in [1.82, 2.24) is 14.7 Å². The van der Waals surface area contributed by atoms with Gasteiger partial charge in [-0.25, -0.2) is 4.68 Å². The number of aryl methyl sites for hydroxylation is 1. The van der Waals surface area contributed by atoms with Gasteiger partial charge in [0.1, 0.15) is 5.15 Å². The van der Waals surface area contributed by atoms with Crippen LogP contribution in [0.3, 0.4) is 0 Å². The second-order valence-corrected chi connectivity index (χ2v) is 8.10. The van der Waals surface area contributed by atoms with Gasteiger partial charge in [-0.15, -0.1) is 0 Å². The molecule has 0 unspecified atom stereocenters. The summed E-state index contributed by atoms with van der Waals surface area (Å²) in [6, 6.07) is 10.1. The smallest absolute Gasteiger partial charge is 0.258 e. The molecule has 1 aromatic heterocycles. The van der Waals surface area contributed by atoms with Gasteiger partial charge in [0, 0.05) is 13.1 Å². The molecule has 5 heteroatoms. The van der Waals surface area contributed by atoms with E-state index >= 15 is 0 Å². The second kappa shape index (κ2) is 7.43. The average molecular weight is 372 g/mol. The molecular formula is C21H26ClN3O. The molecule has 0 spiro atoms. The Labute approximate surface area is 160 Å². The van der Waals surface area contributed by atoms with Crippen LogP contribution in [0.15, 0.2) is 30.3 Å². The maximum atomic E-state index is 13.2. The lowest BCUT2D eigenvalue weighted by Gasteiger charge is -2.41. The molecule has 4 rings (SSSR count). The number of aromatic nitrogens is 2. The number of hydrogen-bond donors (Lipinski definition) is 0. The highest BCUT2D eigenvalue weighted by atomic mass is 35.5. The number of piperidine rings is 1. The van der Waals surface area contributed by atoms with Gasteiger partial charge in [0.2, 0.25) is 0 Å². The van der Waals surface area contributed by atoms with Gasteiger partial charge < -0.3 is 4.90 Å². The van der Waals surface area contributed by atoms with Gasteiger partial charge in [0.05, 0.1) is 17.8 Å². The fourth-order valence-electron chi connectivity index (χ4n) is 4.60. The van der Waals surface area contributed by atoms with Crippen LogP contribution in [-0.4, -0.2) is 33.7 Å². The topological polar surface area (TPSA) is 38.1 Å². The monoisotopic (exact) mass is 371 g/mol. The van der Waals surface area contributed by atoms with Crippen molar-refractivity contribution < 1.29 is 4.79 Å². The van der Waals surface area contributed by atoms with Crippen LogP contribution in [0.4, 0.5) is 0 Å². The van der Waals surface area contributed by atoms with E-state index in [4.69, 9.17) is 11.6 Å². The van der Waals surface area contributed by atoms with Crippen LogP contribution in [0.25, 0.3) is 0 Å². The number of fused-ring (bicyclic) bond motifs is 1. The Bertz CT molecular complexity index is 786. The van der Waals surface area contributed by atoms with Crippen molar-refractivity contribution in [2.45, 2.75) is 45.6 Å². The summed E-state index contributed by atoms with van der Waals surface area (Å²) < 4.78 is 1.74. The predicted octanol–water partition coefficient (Wildman–Crippen LogP) is 4.55. The Morgan fingerprint density at radius 2 is 1.88 bits per heavy atom. The molecule has 138 valence electrons. The molecule has 0 radical (unpaired) electrons. The molecule has 0 N–H and O–H groups in total. The van der Waals surface area contributed by atoms with E-state index in [2.05, 4.69) is 5.10 Å². The molecule has 1 aliphatic heterocycles. The molecule has 2 aliphatic rings. The molecule has 2 heterocycles. The Kier molecular flexibility index (Phi) is 5.03. The normalized spacial score (nSPS) is 22.9. The van der Waals surface area contributed by atoms with Crippen molar-refractivity contribution in [2.24, 2.45) is 11.8 Å². The molecule has 1 saturated heterocycles. The lowest BCUT2D eigenvalue weighted by molar-refractivity contribution is 0.0520. The van der Waals surface area contributed by atoms with Crippen molar-refractivity contribution in [1.29, 1.82) is 0 Å². The number of hydrogen-bond acceptors (Lipinski definition) is 2. The Hall–Kier alpha value is -1.81. The molecule has 1 aliphatic carbocycles. The first-order valence-electron chi connectivity index (χ1n) is 9.69. The molecule has 1 amide bonds. The number of likely N-dealkylation sites (tertiary alicyclic amines) is 1. The van der Waals surface area contributed by atoms with Crippen LogP contribution < -0.4 is 0 Å². The van der Waals surface area contributed by atoms with E-state index in [0.29, 0.717) is 23.2 Å². The third-order valence-electron chi connectivity index (χ3n) is 6.03. The molecule has 2 aromatic rings. The third kappa shape index (κ3) is 3.39. The van der Waals surface area contributed by atoms with Gasteiger partial charge in [-0.05, 0) is 37.2 Å². The molecular weight excluding hydrogens is 346 g/mol.